The van der Waals surface area contributed by atoms with Gasteiger partial charge < -0.3 is 14.6 Å². The number of carbonyl (C=O) groups excluding carboxylic acids is 1. The summed E-state index contributed by atoms with van der Waals surface area (Å²) < 4.78 is 10.9. The van der Waals surface area contributed by atoms with Crippen LogP contribution in [-0.2, 0) is 4.74 Å². The van der Waals surface area contributed by atoms with Crippen molar-refractivity contribution in [3.8, 4) is 16.3 Å². The summed E-state index contributed by atoms with van der Waals surface area (Å²) in [5.74, 6) is 0.362. The van der Waals surface area contributed by atoms with Gasteiger partial charge in [-0.15, -0.1) is 11.3 Å². The minimum atomic E-state index is -0.446. The van der Waals surface area contributed by atoms with Gasteiger partial charge in [0.05, 0.1) is 25.5 Å². The summed E-state index contributed by atoms with van der Waals surface area (Å²) in [6.07, 6.45) is 0. The minimum absolute atomic E-state index is 0.0369. The van der Waals surface area contributed by atoms with E-state index in [1.54, 1.807) is 26.0 Å². The second kappa shape index (κ2) is 9.49. The van der Waals surface area contributed by atoms with Crippen LogP contribution in [0, 0.1) is 25.3 Å². The zero-order chi connectivity index (χ0) is 20.0. The number of aryl methyl sites for hydroxylation is 1. The summed E-state index contributed by atoms with van der Waals surface area (Å²) in [4.78, 5) is 20.7. The first-order chi connectivity index (χ1) is 12.8. The van der Waals surface area contributed by atoms with Gasteiger partial charge in [0.25, 0.3) is 0 Å². The van der Waals surface area contributed by atoms with E-state index in [9.17, 15) is 4.79 Å². The number of ether oxygens (including phenoxy) is 2. The van der Waals surface area contributed by atoms with E-state index >= 15 is 0 Å². The van der Waals surface area contributed by atoms with E-state index in [-0.39, 0.29) is 19.1 Å². The van der Waals surface area contributed by atoms with Crippen molar-refractivity contribution < 1.29 is 19.4 Å². The smallest absolute Gasteiger partial charge is 0.350 e. The molecular weight excluding hydrogens is 364 g/mol. The van der Waals surface area contributed by atoms with E-state index in [0.29, 0.717) is 39.5 Å². The van der Waals surface area contributed by atoms with Crippen LogP contribution >= 0.6 is 11.3 Å². The number of aromatic nitrogens is 1. The van der Waals surface area contributed by atoms with Gasteiger partial charge in [0.1, 0.15) is 15.6 Å². The summed E-state index contributed by atoms with van der Waals surface area (Å²) in [6, 6.07) is 5.33. The Labute approximate surface area is 163 Å². The summed E-state index contributed by atoms with van der Waals surface area (Å²) in [5.41, 5.74) is 1.76. The number of thiazole rings is 1. The van der Waals surface area contributed by atoms with Crippen molar-refractivity contribution in [2.24, 2.45) is 11.8 Å². The van der Waals surface area contributed by atoms with Crippen LogP contribution in [0.25, 0.3) is 15.4 Å². The third-order valence-corrected chi connectivity index (χ3v) is 4.88. The van der Waals surface area contributed by atoms with E-state index in [1.165, 1.54) is 11.3 Å². The summed E-state index contributed by atoms with van der Waals surface area (Å²) in [6.45, 7) is 15.7. The van der Waals surface area contributed by atoms with Crippen molar-refractivity contribution in [3.05, 3.63) is 40.2 Å². The molecule has 1 unspecified atom stereocenters. The van der Waals surface area contributed by atoms with Gasteiger partial charge in [-0.3, -0.25) is 0 Å². The molecule has 0 saturated carbocycles. The molecule has 0 amide bonds. The van der Waals surface area contributed by atoms with Gasteiger partial charge in [0.2, 0.25) is 5.69 Å². The molecule has 0 aliphatic carbocycles. The van der Waals surface area contributed by atoms with Crippen LogP contribution < -0.4 is 4.74 Å². The molecule has 1 aromatic carbocycles. The van der Waals surface area contributed by atoms with Crippen LogP contribution in [-0.4, -0.2) is 35.9 Å². The Morgan fingerprint density at radius 1 is 1.33 bits per heavy atom. The monoisotopic (exact) mass is 388 g/mol. The van der Waals surface area contributed by atoms with Gasteiger partial charge in [0.15, 0.2) is 0 Å². The first-order valence-electron chi connectivity index (χ1n) is 8.75. The SMILES string of the molecule is [C-]#[N+]c1cc(-c2nc(C)c(C(=O)OCC(C)CO)s2)ccc1OCC(C)C. The molecule has 0 bridgehead atoms. The van der Waals surface area contributed by atoms with Crippen LogP contribution in [0.2, 0.25) is 0 Å². The molecule has 1 N–H and O–H groups in total. The molecule has 1 heterocycles. The maximum atomic E-state index is 12.3. The van der Waals surface area contributed by atoms with Crippen molar-refractivity contribution in [2.75, 3.05) is 19.8 Å². The Hall–Kier alpha value is -2.43. The molecule has 2 rings (SSSR count). The van der Waals surface area contributed by atoms with Crippen molar-refractivity contribution in [3.63, 3.8) is 0 Å². The molecule has 6 nitrogen and oxygen atoms in total. The highest BCUT2D eigenvalue weighted by Crippen LogP contribution is 2.35. The predicted molar refractivity (Wildman–Crippen MR) is 105 cm³/mol. The van der Waals surface area contributed by atoms with Crippen LogP contribution in [0.15, 0.2) is 18.2 Å². The Kier molecular flexibility index (Phi) is 7.34. The molecular formula is C20H24N2O4S. The highest BCUT2D eigenvalue weighted by molar-refractivity contribution is 7.17. The molecule has 0 aliphatic rings. The van der Waals surface area contributed by atoms with Crippen molar-refractivity contribution in [1.29, 1.82) is 0 Å². The fourth-order valence-electron chi connectivity index (χ4n) is 2.16. The molecule has 7 heteroatoms. The van der Waals surface area contributed by atoms with Gasteiger partial charge in [-0.1, -0.05) is 26.8 Å². The van der Waals surface area contributed by atoms with Gasteiger partial charge in [-0.2, -0.15) is 0 Å². The summed E-state index contributed by atoms with van der Waals surface area (Å²) >= 11 is 1.23. The van der Waals surface area contributed by atoms with Gasteiger partial charge in [0, 0.05) is 18.1 Å². The third kappa shape index (κ3) is 5.52. The zero-order valence-electron chi connectivity index (χ0n) is 16.0. The number of esters is 1. The molecule has 1 atom stereocenters. The predicted octanol–water partition coefficient (Wildman–Crippen LogP) is 4.49. The summed E-state index contributed by atoms with van der Waals surface area (Å²) in [5, 5.41) is 9.68. The maximum absolute atomic E-state index is 12.3. The Morgan fingerprint density at radius 3 is 2.70 bits per heavy atom. The van der Waals surface area contributed by atoms with E-state index in [1.807, 2.05) is 19.9 Å². The van der Waals surface area contributed by atoms with E-state index < -0.39 is 5.97 Å². The number of hydrogen-bond acceptors (Lipinski definition) is 6. The lowest BCUT2D eigenvalue weighted by Crippen LogP contribution is -2.14. The van der Waals surface area contributed by atoms with Crippen LogP contribution in [0.5, 0.6) is 5.75 Å². The fraction of sp³-hybridized carbons (Fsp3) is 0.450. The van der Waals surface area contributed by atoms with Gasteiger partial charge >= 0.3 is 5.97 Å². The number of hydrogen-bond donors (Lipinski definition) is 1. The molecule has 0 saturated heterocycles. The number of rotatable bonds is 8. The molecule has 27 heavy (non-hydrogen) atoms. The Bertz CT molecular complexity index is 839. The number of nitrogens with zero attached hydrogens (tertiary/aromatic N) is 2. The van der Waals surface area contributed by atoms with Crippen molar-refractivity contribution in [2.45, 2.75) is 27.7 Å². The Morgan fingerprint density at radius 2 is 2.07 bits per heavy atom. The average Bonchev–Trinajstić information content (AvgIpc) is 3.05. The molecule has 2 aromatic rings. The minimum Gasteiger partial charge on any atom is -0.504 e. The third-order valence-electron chi connectivity index (χ3n) is 3.69. The maximum Gasteiger partial charge on any atom is 0.350 e. The zero-order valence-corrected chi connectivity index (χ0v) is 16.8. The molecule has 1 aromatic heterocycles. The summed E-state index contributed by atoms with van der Waals surface area (Å²) in [7, 11) is 0. The van der Waals surface area contributed by atoms with Crippen LogP contribution in [0.3, 0.4) is 0 Å². The lowest BCUT2D eigenvalue weighted by Gasteiger charge is -2.10. The normalized spacial score (nSPS) is 11.9. The topological polar surface area (TPSA) is 73.0 Å². The number of benzene rings is 1. The standard InChI is InChI=1S/C20H24N2O4S/c1-12(2)10-25-17-7-6-15(8-16(17)21-5)19-22-14(4)18(27-19)20(24)26-11-13(3)9-23/h6-8,12-13,23H,9-11H2,1-4H3. The molecule has 0 aliphatic heterocycles. The Balaban J connectivity index is 2.21. The average molecular weight is 388 g/mol. The molecule has 0 fully saturated rings. The van der Waals surface area contributed by atoms with E-state index in [4.69, 9.17) is 21.2 Å². The first kappa shape index (κ1) is 20.9. The highest BCUT2D eigenvalue weighted by Gasteiger charge is 2.19. The van der Waals surface area contributed by atoms with Crippen molar-refractivity contribution in [1.82, 2.24) is 4.98 Å². The van der Waals surface area contributed by atoms with Gasteiger partial charge in [-0.05, 0) is 25.0 Å². The number of aliphatic hydroxyl groups is 1. The first-order valence-corrected chi connectivity index (χ1v) is 9.57. The largest absolute Gasteiger partial charge is 0.504 e. The molecule has 0 radical (unpaired) electrons. The second-order valence-corrected chi connectivity index (χ2v) is 7.82. The second-order valence-electron chi connectivity index (χ2n) is 6.82. The quantitative estimate of drug-likeness (QED) is 0.533. The number of aliphatic hydroxyl groups excluding tert-OH is 1. The lowest BCUT2D eigenvalue weighted by atomic mass is 10.2. The van der Waals surface area contributed by atoms with E-state index in [2.05, 4.69) is 9.83 Å². The fourth-order valence-corrected chi connectivity index (χ4v) is 3.12. The molecule has 0 spiro atoms. The number of carbonyl (C=O) groups is 1. The highest BCUT2D eigenvalue weighted by atomic mass is 32.1. The van der Waals surface area contributed by atoms with Crippen LogP contribution in [0.4, 0.5) is 5.69 Å². The lowest BCUT2D eigenvalue weighted by molar-refractivity contribution is 0.0410. The van der Waals surface area contributed by atoms with Gasteiger partial charge in [-0.25, -0.2) is 14.6 Å². The van der Waals surface area contributed by atoms with Crippen molar-refractivity contribution >= 4 is 23.0 Å². The van der Waals surface area contributed by atoms with E-state index in [0.717, 1.165) is 5.56 Å². The molecule has 144 valence electrons. The van der Waals surface area contributed by atoms with Crippen LogP contribution in [0.1, 0.15) is 36.1 Å².